The third-order valence-corrected chi connectivity index (χ3v) is 8.39. The van der Waals surface area contributed by atoms with Crippen molar-refractivity contribution in [2.45, 2.75) is 4.90 Å². The maximum absolute atomic E-state index is 13.3. The Balaban J connectivity index is 1.24. The van der Waals surface area contributed by atoms with Crippen LogP contribution in [-0.4, -0.2) is 57.3 Å². The maximum Gasteiger partial charge on any atom is 0.338 e. The number of benzene rings is 4. The Labute approximate surface area is 215 Å². The van der Waals surface area contributed by atoms with Gasteiger partial charge in [-0.25, -0.2) is 13.2 Å². The monoisotopic (exact) mass is 514 g/mol. The molecule has 5 rings (SSSR count). The molecule has 7 nitrogen and oxygen atoms in total. The predicted molar refractivity (Wildman–Crippen MR) is 142 cm³/mol. The Morgan fingerprint density at radius 1 is 0.757 bits per heavy atom. The second kappa shape index (κ2) is 10.5. The summed E-state index contributed by atoms with van der Waals surface area (Å²) in [7, 11) is -3.79. The molecule has 0 unspecified atom stereocenters. The van der Waals surface area contributed by atoms with Crippen LogP contribution in [0.2, 0.25) is 0 Å². The second-order valence-electron chi connectivity index (χ2n) is 8.78. The lowest BCUT2D eigenvalue weighted by atomic mass is 10.0. The van der Waals surface area contributed by atoms with Crippen LogP contribution in [0, 0.1) is 0 Å². The van der Waals surface area contributed by atoms with E-state index in [2.05, 4.69) is 4.90 Å². The van der Waals surface area contributed by atoms with Crippen LogP contribution in [0.3, 0.4) is 0 Å². The third-order valence-electron chi connectivity index (χ3n) is 6.49. The van der Waals surface area contributed by atoms with Crippen molar-refractivity contribution in [2.75, 3.05) is 37.7 Å². The molecule has 0 saturated carbocycles. The smallest absolute Gasteiger partial charge is 0.338 e. The summed E-state index contributed by atoms with van der Waals surface area (Å²) in [6.45, 7) is 1.38. The molecule has 4 aromatic rings. The van der Waals surface area contributed by atoms with Crippen molar-refractivity contribution in [1.29, 1.82) is 0 Å². The predicted octanol–water partition coefficient (Wildman–Crippen LogP) is 4.39. The third kappa shape index (κ3) is 5.26. The summed E-state index contributed by atoms with van der Waals surface area (Å²) in [6.07, 6.45) is 0. The van der Waals surface area contributed by atoms with Crippen molar-refractivity contribution < 1.29 is 22.7 Å². The minimum atomic E-state index is -3.79. The molecule has 0 atom stereocenters. The van der Waals surface area contributed by atoms with E-state index in [0.717, 1.165) is 16.5 Å². The van der Waals surface area contributed by atoms with E-state index < -0.39 is 22.6 Å². The number of para-hydroxylation sites is 1. The minimum Gasteiger partial charge on any atom is -0.454 e. The second-order valence-corrected chi connectivity index (χ2v) is 10.7. The van der Waals surface area contributed by atoms with E-state index in [4.69, 9.17) is 4.74 Å². The lowest BCUT2D eigenvalue weighted by molar-refractivity contribution is 0.0475. The van der Waals surface area contributed by atoms with Gasteiger partial charge < -0.3 is 9.64 Å². The average Bonchev–Trinajstić information content (AvgIpc) is 2.96. The van der Waals surface area contributed by atoms with Gasteiger partial charge in [-0.15, -0.1) is 0 Å². The van der Waals surface area contributed by atoms with Gasteiger partial charge in [-0.2, -0.15) is 4.31 Å². The molecule has 1 aliphatic rings. The van der Waals surface area contributed by atoms with Gasteiger partial charge in [-0.3, -0.25) is 4.79 Å². The molecule has 0 spiro atoms. The number of esters is 1. The molecule has 1 aliphatic heterocycles. The number of carbonyl (C=O) groups is 2. The standard InChI is InChI=1S/C29H26N2O5S/c32-28(27-15-7-9-22-8-4-5-14-26(22)27)21-36-29(33)23-10-6-13-25(20-23)37(34,35)31-18-16-30(17-19-31)24-11-2-1-3-12-24/h1-15,20H,16-19,21H2. The molecule has 4 aromatic carbocycles. The molecule has 8 heteroatoms. The summed E-state index contributed by atoms with van der Waals surface area (Å²) in [5, 5.41) is 1.70. The van der Waals surface area contributed by atoms with Crippen molar-refractivity contribution in [2.24, 2.45) is 0 Å². The normalized spacial score (nSPS) is 14.4. The summed E-state index contributed by atoms with van der Waals surface area (Å²) >= 11 is 0. The van der Waals surface area contributed by atoms with E-state index in [-0.39, 0.29) is 16.2 Å². The summed E-state index contributed by atoms with van der Waals surface area (Å²) < 4.78 is 33.3. The van der Waals surface area contributed by atoms with E-state index in [1.54, 1.807) is 12.1 Å². The van der Waals surface area contributed by atoms with Gasteiger partial charge in [0.1, 0.15) is 0 Å². The fourth-order valence-corrected chi connectivity index (χ4v) is 5.99. The van der Waals surface area contributed by atoms with Crippen molar-refractivity contribution in [3.63, 3.8) is 0 Å². The Kier molecular flexibility index (Phi) is 7.03. The van der Waals surface area contributed by atoms with Gasteiger partial charge in [0.15, 0.2) is 6.61 Å². The highest BCUT2D eigenvalue weighted by Gasteiger charge is 2.29. The molecule has 0 aromatic heterocycles. The van der Waals surface area contributed by atoms with Crippen molar-refractivity contribution in [3.8, 4) is 0 Å². The fourth-order valence-electron chi connectivity index (χ4n) is 4.52. The first kappa shape index (κ1) is 24.7. The summed E-state index contributed by atoms with van der Waals surface area (Å²) in [6, 6.07) is 28.5. The summed E-state index contributed by atoms with van der Waals surface area (Å²) in [4.78, 5) is 27.7. The Hall–Kier alpha value is -4.01. The number of ketones is 1. The number of ether oxygens (including phenoxy) is 1. The number of fused-ring (bicyclic) bond motifs is 1. The quantitative estimate of drug-likeness (QED) is 0.269. The number of Topliss-reactive ketones (excluding diaryl/α,β-unsaturated/α-hetero) is 1. The van der Waals surface area contributed by atoms with Gasteiger partial charge in [-0.1, -0.05) is 66.7 Å². The molecular formula is C29H26N2O5S. The molecule has 188 valence electrons. The topological polar surface area (TPSA) is 84.0 Å². The van der Waals surface area contributed by atoms with Crippen LogP contribution in [0.25, 0.3) is 10.8 Å². The summed E-state index contributed by atoms with van der Waals surface area (Å²) in [5.41, 5.74) is 1.61. The zero-order chi connectivity index (χ0) is 25.8. The minimum absolute atomic E-state index is 0.0236. The number of hydrogen-bond donors (Lipinski definition) is 0. The number of hydrogen-bond acceptors (Lipinski definition) is 6. The first-order chi connectivity index (χ1) is 17.9. The van der Waals surface area contributed by atoms with Crippen molar-refractivity contribution in [1.82, 2.24) is 4.31 Å². The highest BCUT2D eigenvalue weighted by atomic mass is 32.2. The lowest BCUT2D eigenvalue weighted by Gasteiger charge is -2.35. The Bertz CT molecular complexity index is 1540. The number of nitrogens with zero attached hydrogens (tertiary/aromatic N) is 2. The first-order valence-corrected chi connectivity index (χ1v) is 13.5. The van der Waals surface area contributed by atoms with Gasteiger partial charge in [-0.05, 0) is 41.1 Å². The Morgan fingerprint density at radius 2 is 1.43 bits per heavy atom. The first-order valence-electron chi connectivity index (χ1n) is 12.0. The van der Waals surface area contributed by atoms with E-state index in [0.29, 0.717) is 31.7 Å². The molecule has 37 heavy (non-hydrogen) atoms. The number of sulfonamides is 1. The molecule has 0 radical (unpaired) electrons. The molecule has 0 amide bonds. The highest BCUT2D eigenvalue weighted by molar-refractivity contribution is 7.89. The molecule has 1 heterocycles. The SMILES string of the molecule is O=C(OCC(=O)c1cccc2ccccc12)c1cccc(S(=O)(=O)N2CCN(c3ccccc3)CC2)c1. The maximum atomic E-state index is 13.3. The van der Waals surface area contributed by atoms with Gasteiger partial charge in [0, 0.05) is 37.4 Å². The average molecular weight is 515 g/mol. The van der Waals surface area contributed by atoms with Crippen LogP contribution in [0.15, 0.2) is 102 Å². The van der Waals surface area contributed by atoms with Crippen LogP contribution in [0.4, 0.5) is 5.69 Å². The molecule has 0 aliphatic carbocycles. The van der Waals surface area contributed by atoms with Gasteiger partial charge in [0.2, 0.25) is 15.8 Å². The molecule has 0 N–H and O–H groups in total. The van der Waals surface area contributed by atoms with Gasteiger partial charge in [0.05, 0.1) is 10.5 Å². The zero-order valence-electron chi connectivity index (χ0n) is 20.1. The number of anilines is 1. The largest absolute Gasteiger partial charge is 0.454 e. The van der Waals surface area contributed by atoms with Crippen LogP contribution in [0.5, 0.6) is 0 Å². The number of piperazine rings is 1. The highest BCUT2D eigenvalue weighted by Crippen LogP contribution is 2.23. The van der Waals surface area contributed by atoms with Crippen molar-refractivity contribution in [3.05, 3.63) is 108 Å². The van der Waals surface area contributed by atoms with Crippen LogP contribution < -0.4 is 4.90 Å². The lowest BCUT2D eigenvalue weighted by Crippen LogP contribution is -2.48. The van der Waals surface area contributed by atoms with Gasteiger partial charge >= 0.3 is 5.97 Å². The Morgan fingerprint density at radius 3 is 2.22 bits per heavy atom. The summed E-state index contributed by atoms with van der Waals surface area (Å²) in [5.74, 6) is -1.08. The molecule has 1 fully saturated rings. The van der Waals surface area contributed by atoms with E-state index in [9.17, 15) is 18.0 Å². The number of rotatable bonds is 7. The fraction of sp³-hybridized carbons (Fsp3) is 0.172. The van der Waals surface area contributed by atoms with E-state index in [1.165, 1.54) is 28.6 Å². The molecular weight excluding hydrogens is 488 g/mol. The number of carbonyl (C=O) groups excluding carboxylic acids is 2. The van der Waals surface area contributed by atoms with Gasteiger partial charge in [0.25, 0.3) is 0 Å². The van der Waals surface area contributed by atoms with Crippen LogP contribution in [-0.2, 0) is 14.8 Å². The van der Waals surface area contributed by atoms with Crippen LogP contribution in [0.1, 0.15) is 20.7 Å². The molecule has 0 bridgehead atoms. The van der Waals surface area contributed by atoms with Crippen LogP contribution >= 0.6 is 0 Å². The van der Waals surface area contributed by atoms with E-state index in [1.807, 2.05) is 60.7 Å². The molecule has 1 saturated heterocycles. The van der Waals surface area contributed by atoms with Crippen molar-refractivity contribution >= 4 is 38.2 Å². The van der Waals surface area contributed by atoms with E-state index >= 15 is 0 Å². The zero-order valence-corrected chi connectivity index (χ0v) is 20.9.